The second-order valence-corrected chi connectivity index (χ2v) is 3.62. The molecule has 0 aliphatic heterocycles. The SMILES string of the molecule is O=C(COCC(F)(F)F)N(CCCl)CCCl. The second kappa shape index (κ2) is 7.97. The molecule has 1 amide bonds. The topological polar surface area (TPSA) is 29.5 Å². The van der Waals surface area contributed by atoms with Gasteiger partial charge in [-0.1, -0.05) is 0 Å². The fourth-order valence-corrected chi connectivity index (χ4v) is 1.32. The van der Waals surface area contributed by atoms with Crippen molar-refractivity contribution in [3.63, 3.8) is 0 Å². The molecule has 3 nitrogen and oxygen atoms in total. The molecule has 0 spiro atoms. The predicted molar refractivity (Wildman–Crippen MR) is 54.9 cm³/mol. The van der Waals surface area contributed by atoms with Crippen molar-refractivity contribution >= 4 is 29.1 Å². The molecule has 0 saturated heterocycles. The van der Waals surface area contributed by atoms with Gasteiger partial charge in [0.1, 0.15) is 13.2 Å². The van der Waals surface area contributed by atoms with Gasteiger partial charge in [-0.2, -0.15) is 13.2 Å². The van der Waals surface area contributed by atoms with Crippen LogP contribution < -0.4 is 0 Å². The summed E-state index contributed by atoms with van der Waals surface area (Å²) in [4.78, 5) is 12.6. The minimum Gasteiger partial charge on any atom is -0.362 e. The van der Waals surface area contributed by atoms with Crippen molar-refractivity contribution in [3.05, 3.63) is 0 Å². The van der Waals surface area contributed by atoms with Gasteiger partial charge in [0.2, 0.25) is 5.91 Å². The lowest BCUT2D eigenvalue weighted by atomic mass is 10.4. The Balaban J connectivity index is 3.91. The molecule has 0 atom stereocenters. The molecular weight excluding hydrogens is 270 g/mol. The molecule has 0 N–H and O–H groups in total. The first-order chi connectivity index (χ1) is 7.40. The third-order valence-corrected chi connectivity index (χ3v) is 1.89. The van der Waals surface area contributed by atoms with Crippen molar-refractivity contribution in [1.29, 1.82) is 0 Å². The van der Waals surface area contributed by atoms with E-state index in [0.29, 0.717) is 0 Å². The van der Waals surface area contributed by atoms with Crippen LogP contribution in [-0.2, 0) is 9.53 Å². The lowest BCUT2D eigenvalue weighted by molar-refractivity contribution is -0.177. The standard InChI is InChI=1S/C8H12Cl2F3NO2/c9-1-3-14(4-2-10)7(15)5-16-6-8(11,12)13/h1-6H2. The number of ether oxygens (including phenoxy) is 1. The normalized spacial score (nSPS) is 11.6. The number of amides is 1. The minimum atomic E-state index is -4.43. The fourth-order valence-electron chi connectivity index (χ4n) is 0.911. The Morgan fingerprint density at radius 1 is 1.19 bits per heavy atom. The van der Waals surface area contributed by atoms with Crippen LogP contribution in [0.4, 0.5) is 13.2 Å². The van der Waals surface area contributed by atoms with Gasteiger partial charge in [0.05, 0.1) is 0 Å². The van der Waals surface area contributed by atoms with E-state index in [1.54, 1.807) is 0 Å². The van der Waals surface area contributed by atoms with Crippen LogP contribution in [0.5, 0.6) is 0 Å². The summed E-state index contributed by atoms with van der Waals surface area (Å²) in [6.45, 7) is -1.58. The highest BCUT2D eigenvalue weighted by molar-refractivity contribution is 6.18. The summed E-state index contributed by atoms with van der Waals surface area (Å²) in [5.41, 5.74) is 0. The summed E-state index contributed by atoms with van der Waals surface area (Å²) in [5.74, 6) is -0.158. The maximum atomic E-state index is 11.7. The van der Waals surface area contributed by atoms with Crippen LogP contribution >= 0.6 is 23.2 Å². The number of halogens is 5. The molecule has 0 unspecified atom stereocenters. The Labute approximate surface area is 101 Å². The molecule has 8 heteroatoms. The van der Waals surface area contributed by atoms with Gasteiger partial charge < -0.3 is 9.64 Å². The van der Waals surface area contributed by atoms with Crippen LogP contribution in [0.15, 0.2) is 0 Å². The maximum absolute atomic E-state index is 11.7. The molecule has 0 saturated carbocycles. The molecule has 0 aliphatic rings. The van der Waals surface area contributed by atoms with Crippen LogP contribution in [0.3, 0.4) is 0 Å². The molecule has 0 bridgehead atoms. The van der Waals surface area contributed by atoms with E-state index >= 15 is 0 Å². The van der Waals surface area contributed by atoms with Gasteiger partial charge in [0.15, 0.2) is 0 Å². The smallest absolute Gasteiger partial charge is 0.362 e. The summed E-state index contributed by atoms with van der Waals surface area (Å²) < 4.78 is 39.4. The van der Waals surface area contributed by atoms with Crippen molar-refractivity contribution in [2.75, 3.05) is 38.1 Å². The summed E-state index contributed by atoms with van der Waals surface area (Å²) in [6.07, 6.45) is -4.43. The molecule has 0 aromatic heterocycles. The van der Waals surface area contributed by atoms with Crippen molar-refractivity contribution in [2.45, 2.75) is 6.18 Å². The lowest BCUT2D eigenvalue weighted by Gasteiger charge is -2.20. The molecule has 0 radical (unpaired) electrons. The van der Waals surface area contributed by atoms with Crippen LogP contribution in [0.25, 0.3) is 0 Å². The minimum absolute atomic E-state index is 0.196. The van der Waals surface area contributed by atoms with Crippen molar-refractivity contribution in [3.8, 4) is 0 Å². The van der Waals surface area contributed by atoms with E-state index in [1.165, 1.54) is 4.90 Å². The first-order valence-electron chi connectivity index (χ1n) is 4.45. The monoisotopic (exact) mass is 281 g/mol. The molecule has 0 rings (SSSR count). The Morgan fingerprint density at radius 2 is 1.69 bits per heavy atom. The highest BCUT2D eigenvalue weighted by atomic mass is 35.5. The summed E-state index contributed by atoms with van der Waals surface area (Å²) in [6, 6.07) is 0. The number of rotatable bonds is 7. The summed E-state index contributed by atoms with van der Waals surface area (Å²) in [5, 5.41) is 0. The van der Waals surface area contributed by atoms with E-state index in [4.69, 9.17) is 23.2 Å². The van der Waals surface area contributed by atoms with E-state index in [0.717, 1.165) is 0 Å². The summed E-state index contributed by atoms with van der Waals surface area (Å²) in [7, 11) is 0. The first-order valence-corrected chi connectivity index (χ1v) is 5.52. The second-order valence-electron chi connectivity index (χ2n) is 2.87. The molecule has 0 heterocycles. The molecule has 16 heavy (non-hydrogen) atoms. The summed E-state index contributed by atoms with van der Waals surface area (Å²) >= 11 is 10.8. The lowest BCUT2D eigenvalue weighted by Crippen LogP contribution is -2.37. The Bertz CT molecular complexity index is 208. The van der Waals surface area contributed by atoms with Gasteiger partial charge in [0.25, 0.3) is 0 Å². The van der Waals surface area contributed by atoms with Gasteiger partial charge in [-0.05, 0) is 0 Å². The van der Waals surface area contributed by atoms with E-state index in [1.807, 2.05) is 0 Å². The number of carbonyl (C=O) groups excluding carboxylic acids is 1. The molecule has 0 aromatic carbocycles. The van der Waals surface area contributed by atoms with Crippen LogP contribution in [0.2, 0.25) is 0 Å². The van der Waals surface area contributed by atoms with Gasteiger partial charge in [-0.3, -0.25) is 4.79 Å². The largest absolute Gasteiger partial charge is 0.411 e. The fraction of sp³-hybridized carbons (Fsp3) is 0.875. The van der Waals surface area contributed by atoms with Crippen molar-refractivity contribution in [2.24, 2.45) is 0 Å². The molecule has 0 fully saturated rings. The highest BCUT2D eigenvalue weighted by Gasteiger charge is 2.28. The molecule has 0 aromatic rings. The quantitative estimate of drug-likeness (QED) is 0.667. The van der Waals surface area contributed by atoms with E-state index in [-0.39, 0.29) is 24.8 Å². The van der Waals surface area contributed by atoms with Crippen LogP contribution in [0, 0.1) is 0 Å². The number of carbonyl (C=O) groups is 1. The van der Waals surface area contributed by atoms with Gasteiger partial charge >= 0.3 is 6.18 Å². The zero-order chi connectivity index (χ0) is 12.6. The van der Waals surface area contributed by atoms with E-state index < -0.39 is 25.3 Å². The van der Waals surface area contributed by atoms with Crippen molar-refractivity contribution < 1.29 is 22.7 Å². The van der Waals surface area contributed by atoms with Crippen LogP contribution in [0.1, 0.15) is 0 Å². The van der Waals surface area contributed by atoms with E-state index in [2.05, 4.69) is 4.74 Å². The zero-order valence-corrected chi connectivity index (χ0v) is 9.91. The number of nitrogens with zero attached hydrogens (tertiary/aromatic N) is 1. The third kappa shape index (κ3) is 8.01. The van der Waals surface area contributed by atoms with E-state index in [9.17, 15) is 18.0 Å². The average molecular weight is 282 g/mol. The predicted octanol–water partition coefficient (Wildman–Crippen LogP) is 1.87. The van der Waals surface area contributed by atoms with Gasteiger partial charge in [0, 0.05) is 24.8 Å². The maximum Gasteiger partial charge on any atom is 0.411 e. The molecular formula is C8H12Cl2F3NO2. The third-order valence-electron chi connectivity index (χ3n) is 1.55. The number of alkyl halides is 5. The first kappa shape index (κ1) is 15.8. The number of hydrogen-bond acceptors (Lipinski definition) is 2. The Hall–Kier alpha value is -0.200. The Kier molecular flexibility index (Phi) is 7.87. The average Bonchev–Trinajstić information content (AvgIpc) is 2.15. The molecule has 0 aliphatic carbocycles. The molecule has 96 valence electrons. The van der Waals surface area contributed by atoms with Gasteiger partial charge in [-0.15, -0.1) is 23.2 Å². The van der Waals surface area contributed by atoms with Crippen LogP contribution in [-0.4, -0.2) is 55.0 Å². The van der Waals surface area contributed by atoms with Crippen molar-refractivity contribution in [1.82, 2.24) is 4.90 Å². The highest BCUT2D eigenvalue weighted by Crippen LogP contribution is 2.14. The Morgan fingerprint density at radius 3 is 2.06 bits per heavy atom. The zero-order valence-electron chi connectivity index (χ0n) is 8.40. The number of hydrogen-bond donors (Lipinski definition) is 0. The van der Waals surface area contributed by atoms with Gasteiger partial charge in [-0.25, -0.2) is 0 Å².